The number of rotatable bonds is 4. The minimum Gasteiger partial charge on any atom is -0.378 e. The lowest BCUT2D eigenvalue weighted by Crippen LogP contribution is -2.38. The van der Waals surface area contributed by atoms with Gasteiger partial charge in [0, 0.05) is 32.4 Å². The van der Waals surface area contributed by atoms with Gasteiger partial charge in [0.1, 0.15) is 17.8 Å². The molecule has 0 unspecified atom stereocenters. The Morgan fingerprint density at radius 2 is 1.52 bits per heavy atom. The molecule has 31 heavy (non-hydrogen) atoms. The Kier molecular flexibility index (Phi) is 5.75. The number of morpholine rings is 1. The monoisotopic (exact) mass is 420 g/mol. The first-order valence-corrected chi connectivity index (χ1v) is 11.1. The molecular weight excluding hydrogens is 392 g/mol. The van der Waals surface area contributed by atoms with Gasteiger partial charge in [-0.1, -0.05) is 18.9 Å². The molecule has 2 fully saturated rings. The van der Waals surface area contributed by atoms with Crippen molar-refractivity contribution in [3.8, 4) is 17.3 Å². The number of hydrogen-bond donors (Lipinski definition) is 0. The lowest BCUT2D eigenvalue weighted by molar-refractivity contribution is 0.122. The highest BCUT2D eigenvalue weighted by Gasteiger charge is 2.21. The van der Waals surface area contributed by atoms with Crippen LogP contribution in [0.25, 0.3) is 17.3 Å². The van der Waals surface area contributed by atoms with Crippen molar-refractivity contribution in [3.05, 3.63) is 36.4 Å². The van der Waals surface area contributed by atoms with Crippen molar-refractivity contribution in [2.24, 2.45) is 0 Å². The van der Waals surface area contributed by atoms with Gasteiger partial charge in [-0.25, -0.2) is 9.97 Å². The van der Waals surface area contributed by atoms with Gasteiger partial charge in [0.05, 0.1) is 18.9 Å². The Balaban J connectivity index is 1.54. The van der Waals surface area contributed by atoms with Crippen LogP contribution in [-0.4, -0.2) is 68.9 Å². The van der Waals surface area contributed by atoms with E-state index < -0.39 is 0 Å². The number of aryl methyl sites for hydroxylation is 1. The van der Waals surface area contributed by atoms with Crippen LogP contribution in [-0.2, 0) is 4.74 Å². The lowest BCUT2D eigenvalue weighted by Gasteiger charge is -2.28. The van der Waals surface area contributed by atoms with Crippen LogP contribution in [0.4, 0.5) is 11.9 Å². The number of ether oxygens (including phenoxy) is 1. The average molecular weight is 421 g/mol. The average Bonchev–Trinajstić information content (AvgIpc) is 3.08. The summed E-state index contributed by atoms with van der Waals surface area (Å²) < 4.78 is 7.44. The van der Waals surface area contributed by atoms with Crippen molar-refractivity contribution in [3.63, 3.8) is 0 Å². The maximum absolute atomic E-state index is 5.52. The molecule has 162 valence electrons. The molecule has 2 aliphatic rings. The number of hydrogen-bond acceptors (Lipinski definition) is 8. The van der Waals surface area contributed by atoms with Gasteiger partial charge in [0.15, 0.2) is 5.82 Å². The summed E-state index contributed by atoms with van der Waals surface area (Å²) in [5.74, 6) is 2.86. The van der Waals surface area contributed by atoms with Gasteiger partial charge >= 0.3 is 0 Å². The van der Waals surface area contributed by atoms with Crippen molar-refractivity contribution in [1.82, 2.24) is 29.5 Å². The van der Waals surface area contributed by atoms with E-state index in [-0.39, 0.29) is 0 Å². The molecule has 9 nitrogen and oxygen atoms in total. The highest BCUT2D eigenvalue weighted by atomic mass is 16.5. The summed E-state index contributed by atoms with van der Waals surface area (Å²) in [4.78, 5) is 28.2. The summed E-state index contributed by atoms with van der Waals surface area (Å²) in [6.45, 7) is 6.87. The molecule has 0 aliphatic carbocycles. The van der Waals surface area contributed by atoms with E-state index in [0.29, 0.717) is 25.0 Å². The van der Waals surface area contributed by atoms with Crippen LogP contribution in [0.3, 0.4) is 0 Å². The van der Waals surface area contributed by atoms with Crippen LogP contribution >= 0.6 is 0 Å². The molecule has 0 N–H and O–H groups in total. The number of imidazole rings is 1. The van der Waals surface area contributed by atoms with Crippen LogP contribution in [0.15, 0.2) is 30.7 Å². The topological polar surface area (TPSA) is 85.1 Å². The molecule has 2 saturated heterocycles. The SMILES string of the molecule is Cc1cn(-c2cccc(-c3nc(N4CCCCCC4)nc(N4CCOCC4)n3)n2)cn1. The predicted octanol–water partition coefficient (Wildman–Crippen LogP) is 2.64. The summed E-state index contributed by atoms with van der Waals surface area (Å²) >= 11 is 0. The molecule has 5 heterocycles. The lowest BCUT2D eigenvalue weighted by atomic mass is 10.2. The fourth-order valence-corrected chi connectivity index (χ4v) is 4.02. The zero-order valence-electron chi connectivity index (χ0n) is 17.9. The molecule has 0 spiro atoms. The van der Waals surface area contributed by atoms with E-state index in [2.05, 4.69) is 14.8 Å². The van der Waals surface area contributed by atoms with Crippen molar-refractivity contribution in [1.29, 1.82) is 0 Å². The zero-order chi connectivity index (χ0) is 21.0. The number of pyridine rings is 1. The smallest absolute Gasteiger partial charge is 0.230 e. The Hall–Kier alpha value is -3.07. The van der Waals surface area contributed by atoms with Gasteiger partial charge < -0.3 is 14.5 Å². The van der Waals surface area contributed by atoms with Crippen LogP contribution in [0, 0.1) is 6.92 Å². The molecule has 9 heteroatoms. The summed E-state index contributed by atoms with van der Waals surface area (Å²) in [6, 6.07) is 5.90. The summed E-state index contributed by atoms with van der Waals surface area (Å²) in [5.41, 5.74) is 1.68. The molecule has 0 aromatic carbocycles. The minimum atomic E-state index is 0.606. The Bertz CT molecular complexity index is 1020. The third kappa shape index (κ3) is 4.51. The largest absolute Gasteiger partial charge is 0.378 e. The third-order valence-corrected chi connectivity index (χ3v) is 5.73. The van der Waals surface area contributed by atoms with Crippen LogP contribution in [0.1, 0.15) is 31.4 Å². The molecule has 3 aromatic rings. The predicted molar refractivity (Wildman–Crippen MR) is 119 cm³/mol. The summed E-state index contributed by atoms with van der Waals surface area (Å²) in [5, 5.41) is 0. The molecule has 0 bridgehead atoms. The van der Waals surface area contributed by atoms with Gasteiger partial charge in [-0.05, 0) is 31.9 Å². The molecular formula is C22H28N8O. The van der Waals surface area contributed by atoms with E-state index in [1.807, 2.05) is 35.9 Å². The van der Waals surface area contributed by atoms with E-state index in [4.69, 9.17) is 24.7 Å². The molecule has 0 saturated carbocycles. The van der Waals surface area contributed by atoms with Gasteiger partial charge in [0.25, 0.3) is 0 Å². The van der Waals surface area contributed by atoms with Crippen molar-refractivity contribution >= 4 is 11.9 Å². The Labute approximate surface area is 182 Å². The Morgan fingerprint density at radius 1 is 0.806 bits per heavy atom. The quantitative estimate of drug-likeness (QED) is 0.637. The first kappa shape index (κ1) is 19.9. The fourth-order valence-electron chi connectivity index (χ4n) is 4.02. The van der Waals surface area contributed by atoms with Crippen LogP contribution in [0.5, 0.6) is 0 Å². The van der Waals surface area contributed by atoms with E-state index in [1.165, 1.54) is 25.7 Å². The molecule has 3 aromatic heterocycles. The normalized spacial score (nSPS) is 17.6. The maximum atomic E-state index is 5.52. The zero-order valence-corrected chi connectivity index (χ0v) is 17.9. The first-order valence-electron chi connectivity index (χ1n) is 11.1. The minimum absolute atomic E-state index is 0.606. The highest BCUT2D eigenvalue weighted by molar-refractivity contribution is 5.56. The second-order valence-electron chi connectivity index (χ2n) is 8.06. The van der Waals surface area contributed by atoms with Crippen molar-refractivity contribution in [2.75, 3.05) is 49.2 Å². The van der Waals surface area contributed by atoms with Gasteiger partial charge in [0.2, 0.25) is 11.9 Å². The van der Waals surface area contributed by atoms with Gasteiger partial charge in [-0.3, -0.25) is 4.57 Å². The maximum Gasteiger partial charge on any atom is 0.230 e. The molecule has 0 radical (unpaired) electrons. The first-order chi connectivity index (χ1) is 15.3. The second kappa shape index (κ2) is 8.97. The number of aromatic nitrogens is 6. The van der Waals surface area contributed by atoms with E-state index in [9.17, 15) is 0 Å². The van der Waals surface area contributed by atoms with E-state index >= 15 is 0 Å². The highest BCUT2D eigenvalue weighted by Crippen LogP contribution is 2.23. The number of anilines is 2. The number of nitrogens with zero attached hydrogens (tertiary/aromatic N) is 8. The van der Waals surface area contributed by atoms with Gasteiger partial charge in [-0.15, -0.1) is 0 Å². The van der Waals surface area contributed by atoms with Crippen LogP contribution in [0.2, 0.25) is 0 Å². The summed E-state index contributed by atoms with van der Waals surface area (Å²) in [6.07, 6.45) is 8.60. The molecule has 5 rings (SSSR count). The van der Waals surface area contributed by atoms with Crippen molar-refractivity contribution < 1.29 is 4.74 Å². The fraction of sp³-hybridized carbons (Fsp3) is 0.500. The van der Waals surface area contributed by atoms with Gasteiger partial charge in [-0.2, -0.15) is 15.0 Å². The molecule has 0 atom stereocenters. The molecule has 0 amide bonds. The Morgan fingerprint density at radius 3 is 2.19 bits per heavy atom. The summed E-state index contributed by atoms with van der Waals surface area (Å²) in [7, 11) is 0. The van der Waals surface area contributed by atoms with E-state index in [1.54, 1.807) is 6.33 Å². The third-order valence-electron chi connectivity index (χ3n) is 5.73. The van der Waals surface area contributed by atoms with Crippen LogP contribution < -0.4 is 9.80 Å². The molecule has 2 aliphatic heterocycles. The second-order valence-corrected chi connectivity index (χ2v) is 8.06. The van der Waals surface area contributed by atoms with Crippen molar-refractivity contribution in [2.45, 2.75) is 32.6 Å². The standard InChI is InChI=1S/C22H28N8O/c1-17-15-30(16-23-17)19-8-6-7-18(24-19)20-25-21(28-9-4-2-3-5-10-28)27-22(26-20)29-11-13-31-14-12-29/h6-8,15-16H,2-5,9-14H2,1H3. The van der Waals surface area contributed by atoms with E-state index in [0.717, 1.165) is 49.3 Å².